The molecule has 0 atom stereocenters. The van der Waals surface area contributed by atoms with Crippen LogP contribution in [0.5, 0.6) is 0 Å². The number of carbonyl (C=O) groups is 1. The number of rotatable bonds is 3. The minimum Gasteiger partial charge on any atom is -0.303 e. The molecule has 160 valence electrons. The molecule has 2 aromatic carbocycles. The van der Waals surface area contributed by atoms with E-state index >= 15 is 0 Å². The van der Waals surface area contributed by atoms with Crippen molar-refractivity contribution in [2.75, 3.05) is 4.90 Å². The van der Waals surface area contributed by atoms with Gasteiger partial charge in [-0.3, -0.25) is 14.6 Å². The number of anilines is 1. The summed E-state index contributed by atoms with van der Waals surface area (Å²) in [5, 5.41) is 4.38. The number of aryl methyl sites for hydroxylation is 1. The fourth-order valence-corrected chi connectivity index (χ4v) is 5.03. The number of para-hydroxylation sites is 1. The van der Waals surface area contributed by atoms with Gasteiger partial charge in [-0.25, -0.2) is 0 Å². The molecule has 5 aromatic rings. The third-order valence-electron chi connectivity index (χ3n) is 5.69. The van der Waals surface area contributed by atoms with Crippen molar-refractivity contribution in [2.45, 2.75) is 13.5 Å². The van der Waals surface area contributed by atoms with E-state index in [9.17, 15) is 9.59 Å². The highest BCUT2D eigenvalue weighted by Gasteiger charge is 2.34. The van der Waals surface area contributed by atoms with Crippen LogP contribution in [0.3, 0.4) is 0 Å². The Morgan fingerprint density at radius 3 is 2.55 bits per heavy atom. The highest BCUT2D eigenvalue weighted by atomic mass is 32.1. The number of benzene rings is 2. The van der Waals surface area contributed by atoms with Crippen LogP contribution in [0.2, 0.25) is 0 Å². The Hall–Kier alpha value is -4.17. The Balaban J connectivity index is 1.49. The summed E-state index contributed by atoms with van der Waals surface area (Å²) < 4.78 is 1.63. The lowest BCUT2D eigenvalue weighted by Crippen LogP contribution is -2.32. The molecule has 6 rings (SSSR count). The highest BCUT2D eigenvalue weighted by molar-refractivity contribution is 7.15. The van der Waals surface area contributed by atoms with Gasteiger partial charge in [0.05, 0.1) is 17.8 Å². The number of thiazole rings is 1. The van der Waals surface area contributed by atoms with Gasteiger partial charge >= 0.3 is 0 Å². The predicted molar refractivity (Wildman–Crippen MR) is 127 cm³/mol. The molecule has 0 radical (unpaired) electrons. The lowest BCUT2D eigenvalue weighted by Gasteiger charge is -2.17. The van der Waals surface area contributed by atoms with Gasteiger partial charge in [-0.1, -0.05) is 59.4 Å². The summed E-state index contributed by atoms with van der Waals surface area (Å²) in [4.78, 5) is 37.6. The fraction of sp³-hybridized carbons (Fsp3) is 0.0800. The number of hydrogen-bond donors (Lipinski definition) is 0. The lowest BCUT2D eigenvalue weighted by molar-refractivity contribution is -0.113. The van der Waals surface area contributed by atoms with E-state index in [2.05, 4.69) is 15.1 Å². The van der Waals surface area contributed by atoms with E-state index in [0.29, 0.717) is 27.4 Å². The molecule has 0 unspecified atom stereocenters. The summed E-state index contributed by atoms with van der Waals surface area (Å²) in [6.45, 7) is 2.46. The Morgan fingerprint density at radius 2 is 1.79 bits per heavy atom. The second-order valence-electron chi connectivity index (χ2n) is 7.88. The first-order valence-electron chi connectivity index (χ1n) is 10.4. The molecule has 0 N–H and O–H groups in total. The quantitative estimate of drug-likeness (QED) is 0.421. The number of hydrogen-bond acceptors (Lipinski definition) is 6. The molecule has 7 nitrogen and oxygen atoms in total. The minimum atomic E-state index is -0.340. The van der Waals surface area contributed by atoms with Gasteiger partial charge in [-0.05, 0) is 30.7 Å². The highest BCUT2D eigenvalue weighted by Crippen LogP contribution is 2.36. The molecule has 0 fully saturated rings. The van der Waals surface area contributed by atoms with E-state index in [4.69, 9.17) is 0 Å². The van der Waals surface area contributed by atoms with Crippen molar-refractivity contribution >= 4 is 33.5 Å². The van der Waals surface area contributed by atoms with Gasteiger partial charge in [0.1, 0.15) is 4.53 Å². The summed E-state index contributed by atoms with van der Waals surface area (Å²) in [6, 6.07) is 19.3. The number of nitrogens with zero attached hydrogens (tertiary/aromatic N) is 5. The van der Waals surface area contributed by atoms with Gasteiger partial charge in [0.25, 0.3) is 11.5 Å². The smallest absolute Gasteiger partial charge is 0.291 e. The van der Waals surface area contributed by atoms with Crippen molar-refractivity contribution in [3.63, 3.8) is 0 Å². The first kappa shape index (κ1) is 19.5. The molecule has 8 heteroatoms. The molecule has 1 amide bonds. The summed E-state index contributed by atoms with van der Waals surface area (Å²) in [5.74, 6) is 0.244. The summed E-state index contributed by atoms with van der Waals surface area (Å²) in [6.07, 6.45) is 3.32. The Bertz CT molecular complexity index is 1640. The third-order valence-corrected chi connectivity index (χ3v) is 6.72. The number of fused-ring (bicyclic) bond motifs is 2. The minimum absolute atomic E-state index is 0.189. The van der Waals surface area contributed by atoms with E-state index in [1.807, 2.05) is 61.5 Å². The normalized spacial score (nSPS) is 14.8. The maximum absolute atomic E-state index is 13.6. The standard InChI is InChI=1S/C25H17N5O2S/c1-15-8-10-16(11-9-15)14-29-19-7-3-2-6-18(19)20(23(29)31)21-24(32)30-25(33-21)27-22(28-30)17-5-4-12-26-13-17/h2-13H,14H2,1H3/b21-20-. The number of pyridine rings is 1. The predicted octanol–water partition coefficient (Wildman–Crippen LogP) is 2.99. The third kappa shape index (κ3) is 3.15. The first-order valence-corrected chi connectivity index (χ1v) is 11.2. The molecule has 33 heavy (non-hydrogen) atoms. The lowest BCUT2D eigenvalue weighted by atomic mass is 10.1. The van der Waals surface area contributed by atoms with Gasteiger partial charge in [-0.2, -0.15) is 9.50 Å². The van der Waals surface area contributed by atoms with Crippen LogP contribution in [-0.4, -0.2) is 25.5 Å². The average molecular weight is 452 g/mol. The van der Waals surface area contributed by atoms with Crippen LogP contribution in [-0.2, 0) is 11.3 Å². The van der Waals surface area contributed by atoms with E-state index in [1.54, 1.807) is 23.4 Å². The van der Waals surface area contributed by atoms with Gasteiger partial charge in [-0.15, -0.1) is 5.10 Å². The largest absolute Gasteiger partial charge is 0.303 e. The molecule has 0 bridgehead atoms. The van der Waals surface area contributed by atoms with Crippen LogP contribution >= 0.6 is 11.3 Å². The number of amides is 1. The van der Waals surface area contributed by atoms with E-state index in [0.717, 1.165) is 27.9 Å². The molecule has 0 spiro atoms. The molecule has 3 aromatic heterocycles. The van der Waals surface area contributed by atoms with Crippen LogP contribution in [0.15, 0.2) is 77.9 Å². The van der Waals surface area contributed by atoms with Crippen molar-refractivity contribution in [1.29, 1.82) is 0 Å². The van der Waals surface area contributed by atoms with Crippen molar-refractivity contribution < 1.29 is 4.79 Å². The van der Waals surface area contributed by atoms with Crippen molar-refractivity contribution in [3.8, 4) is 11.4 Å². The monoisotopic (exact) mass is 451 g/mol. The van der Waals surface area contributed by atoms with Gasteiger partial charge in [0.2, 0.25) is 4.96 Å². The van der Waals surface area contributed by atoms with Crippen LogP contribution in [0.25, 0.3) is 21.9 Å². The van der Waals surface area contributed by atoms with Crippen molar-refractivity contribution in [3.05, 3.63) is 105 Å². The van der Waals surface area contributed by atoms with Crippen LogP contribution in [0, 0.1) is 6.92 Å². The van der Waals surface area contributed by atoms with Gasteiger partial charge < -0.3 is 4.90 Å². The van der Waals surface area contributed by atoms with Crippen molar-refractivity contribution in [1.82, 2.24) is 19.6 Å². The Kier molecular flexibility index (Phi) is 4.41. The molecule has 0 saturated carbocycles. The zero-order chi connectivity index (χ0) is 22.5. The molecule has 0 aliphatic carbocycles. The fourth-order valence-electron chi connectivity index (χ4n) is 4.04. The molecular weight excluding hydrogens is 434 g/mol. The van der Waals surface area contributed by atoms with Crippen LogP contribution in [0.1, 0.15) is 16.7 Å². The molecule has 4 heterocycles. The molecule has 0 saturated heterocycles. The molecule has 1 aliphatic heterocycles. The van der Waals surface area contributed by atoms with Crippen molar-refractivity contribution in [2.24, 2.45) is 0 Å². The Morgan fingerprint density at radius 1 is 0.970 bits per heavy atom. The number of aromatic nitrogens is 4. The van der Waals surface area contributed by atoms with Gasteiger partial charge in [0, 0.05) is 23.5 Å². The maximum Gasteiger partial charge on any atom is 0.291 e. The summed E-state index contributed by atoms with van der Waals surface area (Å²) in [7, 11) is 0. The van der Waals surface area contributed by atoms with Crippen LogP contribution in [0.4, 0.5) is 5.69 Å². The second kappa shape index (κ2) is 7.46. The van der Waals surface area contributed by atoms with E-state index in [1.165, 1.54) is 15.9 Å². The Labute approximate surface area is 192 Å². The summed E-state index contributed by atoms with van der Waals surface area (Å²) >= 11 is 1.19. The topological polar surface area (TPSA) is 80.5 Å². The SMILES string of the molecule is Cc1ccc(CN2C(=O)/C(=c3\sc4nc(-c5cccnc5)nn4c3=O)c3ccccc32)cc1. The molecule has 1 aliphatic rings. The number of carbonyl (C=O) groups excluding carboxylic acids is 1. The zero-order valence-corrected chi connectivity index (χ0v) is 18.4. The van der Waals surface area contributed by atoms with E-state index in [-0.39, 0.29) is 11.5 Å². The average Bonchev–Trinajstić information content (AvgIpc) is 3.47. The molecular formula is C25H17N5O2S. The zero-order valence-electron chi connectivity index (χ0n) is 17.6. The first-order chi connectivity index (χ1) is 16.1. The maximum atomic E-state index is 13.6. The summed E-state index contributed by atoms with van der Waals surface area (Å²) in [5.41, 5.74) is 4.53. The van der Waals surface area contributed by atoms with Gasteiger partial charge in [0.15, 0.2) is 5.82 Å². The second-order valence-corrected chi connectivity index (χ2v) is 8.85. The van der Waals surface area contributed by atoms with E-state index < -0.39 is 0 Å². The van der Waals surface area contributed by atoms with Crippen LogP contribution < -0.4 is 15.0 Å².